The first kappa shape index (κ1) is 22.8. The van der Waals surface area contributed by atoms with E-state index in [4.69, 9.17) is 14.2 Å². The standard InChI is InChI=1S/C24H35NO5/c1-28-20-12-13-21-18(16-20)11-14-22(21)25-23(27)9-5-3-2-4-8-19(26)17-30-24-10-6-7-15-29-24/h12-13,16,22,24H,2-11,14-15,17H2,1H3,(H,25,27). The van der Waals surface area contributed by atoms with Crippen LogP contribution in [0.4, 0.5) is 0 Å². The topological polar surface area (TPSA) is 73.9 Å². The van der Waals surface area contributed by atoms with E-state index in [1.54, 1.807) is 7.11 Å². The predicted molar refractivity (Wildman–Crippen MR) is 114 cm³/mol. The van der Waals surface area contributed by atoms with E-state index < -0.39 is 0 Å². The summed E-state index contributed by atoms with van der Waals surface area (Å²) < 4.78 is 16.3. The average Bonchev–Trinajstić information content (AvgIpc) is 3.17. The molecular formula is C24H35NO5. The Morgan fingerprint density at radius 1 is 1.10 bits per heavy atom. The molecule has 30 heavy (non-hydrogen) atoms. The lowest BCUT2D eigenvalue weighted by Gasteiger charge is -2.22. The molecule has 1 aromatic rings. The molecule has 3 rings (SSSR count). The first-order chi connectivity index (χ1) is 14.7. The lowest BCUT2D eigenvalue weighted by molar-refractivity contribution is -0.169. The van der Waals surface area contributed by atoms with Gasteiger partial charge in [-0.25, -0.2) is 0 Å². The molecule has 1 fully saturated rings. The molecule has 1 saturated heterocycles. The number of amides is 1. The maximum Gasteiger partial charge on any atom is 0.220 e. The van der Waals surface area contributed by atoms with Crippen molar-refractivity contribution in [2.75, 3.05) is 20.3 Å². The van der Waals surface area contributed by atoms with E-state index in [-0.39, 0.29) is 30.6 Å². The van der Waals surface area contributed by atoms with Gasteiger partial charge >= 0.3 is 0 Å². The van der Waals surface area contributed by atoms with Crippen LogP contribution in [0, 0.1) is 0 Å². The van der Waals surface area contributed by atoms with Crippen molar-refractivity contribution < 1.29 is 23.8 Å². The van der Waals surface area contributed by atoms with Crippen molar-refractivity contribution in [2.24, 2.45) is 0 Å². The highest BCUT2D eigenvalue weighted by atomic mass is 16.7. The number of fused-ring (bicyclic) bond motifs is 1. The van der Waals surface area contributed by atoms with Crippen molar-refractivity contribution >= 4 is 11.7 Å². The van der Waals surface area contributed by atoms with Gasteiger partial charge < -0.3 is 19.5 Å². The van der Waals surface area contributed by atoms with Gasteiger partial charge in [-0.1, -0.05) is 18.9 Å². The van der Waals surface area contributed by atoms with Gasteiger partial charge in [0.15, 0.2) is 12.1 Å². The number of benzene rings is 1. The number of carbonyl (C=O) groups excluding carboxylic acids is 2. The van der Waals surface area contributed by atoms with Crippen molar-refractivity contribution in [1.29, 1.82) is 0 Å². The first-order valence-electron chi connectivity index (χ1n) is 11.4. The number of Topliss-reactive ketones (excluding diaryl/α,β-unsaturated/α-hetero) is 1. The monoisotopic (exact) mass is 417 g/mol. The largest absolute Gasteiger partial charge is 0.497 e. The normalized spacial score (nSPS) is 20.6. The Morgan fingerprint density at radius 2 is 1.93 bits per heavy atom. The first-order valence-corrected chi connectivity index (χ1v) is 11.4. The minimum absolute atomic E-state index is 0.112. The third-order valence-electron chi connectivity index (χ3n) is 5.94. The highest BCUT2D eigenvalue weighted by Crippen LogP contribution is 2.33. The molecule has 0 radical (unpaired) electrons. The van der Waals surface area contributed by atoms with Gasteiger partial charge in [-0.05, 0) is 68.2 Å². The second kappa shape index (κ2) is 12.1. The average molecular weight is 418 g/mol. The smallest absolute Gasteiger partial charge is 0.220 e. The summed E-state index contributed by atoms with van der Waals surface area (Å²) in [5.74, 6) is 1.12. The van der Waals surface area contributed by atoms with Gasteiger partial charge in [-0.2, -0.15) is 0 Å². The van der Waals surface area contributed by atoms with Crippen LogP contribution in [0.15, 0.2) is 18.2 Å². The van der Waals surface area contributed by atoms with Crippen molar-refractivity contribution in [3.8, 4) is 5.75 Å². The summed E-state index contributed by atoms with van der Waals surface area (Å²) >= 11 is 0. The van der Waals surface area contributed by atoms with Gasteiger partial charge in [-0.3, -0.25) is 9.59 Å². The van der Waals surface area contributed by atoms with Crippen LogP contribution in [-0.2, 0) is 25.5 Å². The fraction of sp³-hybridized carbons (Fsp3) is 0.667. The van der Waals surface area contributed by atoms with E-state index in [0.29, 0.717) is 12.8 Å². The molecule has 1 aliphatic heterocycles. The van der Waals surface area contributed by atoms with E-state index in [9.17, 15) is 9.59 Å². The van der Waals surface area contributed by atoms with Crippen molar-refractivity contribution in [1.82, 2.24) is 5.32 Å². The molecule has 1 aromatic carbocycles. The lowest BCUT2D eigenvalue weighted by Crippen LogP contribution is -2.26. The molecule has 0 spiro atoms. The highest BCUT2D eigenvalue weighted by molar-refractivity contribution is 5.79. The number of carbonyl (C=O) groups is 2. The zero-order valence-electron chi connectivity index (χ0n) is 18.1. The number of hydrogen-bond donors (Lipinski definition) is 1. The molecule has 1 heterocycles. The van der Waals surface area contributed by atoms with E-state index in [1.165, 1.54) is 11.1 Å². The number of nitrogens with one attached hydrogen (secondary N) is 1. The van der Waals surface area contributed by atoms with Gasteiger partial charge in [0.2, 0.25) is 5.91 Å². The minimum Gasteiger partial charge on any atom is -0.497 e. The Hall–Kier alpha value is -1.92. The maximum atomic E-state index is 12.3. The van der Waals surface area contributed by atoms with E-state index in [1.807, 2.05) is 6.07 Å². The molecule has 1 N–H and O–H groups in total. The lowest BCUT2D eigenvalue weighted by atomic mass is 10.1. The summed E-state index contributed by atoms with van der Waals surface area (Å²) in [7, 11) is 1.67. The van der Waals surface area contributed by atoms with Crippen molar-refractivity contribution in [3.63, 3.8) is 0 Å². The highest BCUT2D eigenvalue weighted by Gasteiger charge is 2.24. The molecule has 2 atom stereocenters. The molecule has 1 aliphatic carbocycles. The van der Waals surface area contributed by atoms with Gasteiger partial charge in [0.05, 0.1) is 13.2 Å². The number of hydrogen-bond acceptors (Lipinski definition) is 5. The summed E-state index contributed by atoms with van der Waals surface area (Å²) in [6, 6.07) is 6.20. The molecule has 2 aliphatic rings. The second-order valence-corrected chi connectivity index (χ2v) is 8.28. The van der Waals surface area contributed by atoms with Crippen molar-refractivity contribution in [2.45, 2.75) is 83.0 Å². The van der Waals surface area contributed by atoms with E-state index in [2.05, 4.69) is 17.4 Å². The number of ether oxygens (including phenoxy) is 3. The third-order valence-corrected chi connectivity index (χ3v) is 5.94. The van der Waals surface area contributed by atoms with Crippen LogP contribution < -0.4 is 10.1 Å². The summed E-state index contributed by atoms with van der Waals surface area (Å²) in [5.41, 5.74) is 2.48. The molecular weight excluding hydrogens is 382 g/mol. The van der Waals surface area contributed by atoms with Gasteiger partial charge in [-0.15, -0.1) is 0 Å². The van der Waals surface area contributed by atoms with Gasteiger partial charge in [0.1, 0.15) is 12.4 Å². The summed E-state index contributed by atoms with van der Waals surface area (Å²) in [4.78, 5) is 24.2. The van der Waals surface area contributed by atoms with Crippen LogP contribution >= 0.6 is 0 Å². The zero-order valence-corrected chi connectivity index (χ0v) is 18.1. The summed E-state index contributed by atoms with van der Waals surface area (Å²) in [6.45, 7) is 0.885. The summed E-state index contributed by atoms with van der Waals surface area (Å²) in [5, 5.41) is 3.17. The number of ketones is 1. The molecule has 0 saturated carbocycles. The Labute approximate surface area is 179 Å². The Bertz CT molecular complexity index is 699. The summed E-state index contributed by atoms with van der Waals surface area (Å²) in [6.07, 6.45) is 9.51. The van der Waals surface area contributed by atoms with Crippen LogP contribution in [0.1, 0.15) is 81.4 Å². The molecule has 0 aromatic heterocycles. The molecule has 6 nitrogen and oxygen atoms in total. The molecule has 6 heteroatoms. The van der Waals surface area contributed by atoms with Crippen LogP contribution in [0.5, 0.6) is 5.75 Å². The minimum atomic E-state index is -0.199. The number of methoxy groups -OCH3 is 1. The quantitative estimate of drug-likeness (QED) is 0.515. The maximum absolute atomic E-state index is 12.3. The zero-order chi connectivity index (χ0) is 21.2. The molecule has 0 bridgehead atoms. The molecule has 166 valence electrons. The van der Waals surface area contributed by atoms with E-state index in [0.717, 1.165) is 70.1 Å². The number of rotatable bonds is 12. The third kappa shape index (κ3) is 7.10. The fourth-order valence-electron chi connectivity index (χ4n) is 4.20. The van der Waals surface area contributed by atoms with Crippen LogP contribution in [0.3, 0.4) is 0 Å². The number of unbranched alkanes of at least 4 members (excludes halogenated alkanes) is 3. The Kier molecular flexibility index (Phi) is 9.15. The second-order valence-electron chi connectivity index (χ2n) is 8.28. The van der Waals surface area contributed by atoms with Crippen LogP contribution in [0.2, 0.25) is 0 Å². The molecule has 1 amide bonds. The van der Waals surface area contributed by atoms with Crippen LogP contribution in [-0.4, -0.2) is 38.3 Å². The van der Waals surface area contributed by atoms with E-state index >= 15 is 0 Å². The van der Waals surface area contributed by atoms with Crippen LogP contribution in [0.25, 0.3) is 0 Å². The van der Waals surface area contributed by atoms with Gasteiger partial charge in [0.25, 0.3) is 0 Å². The molecule has 2 unspecified atom stereocenters. The SMILES string of the molecule is COc1ccc2c(c1)CCC2NC(=O)CCCCCCC(=O)COC1CCCCO1. The number of aryl methyl sites for hydroxylation is 1. The van der Waals surface area contributed by atoms with Gasteiger partial charge in [0, 0.05) is 19.4 Å². The fourth-order valence-corrected chi connectivity index (χ4v) is 4.20. The Morgan fingerprint density at radius 3 is 2.70 bits per heavy atom. The van der Waals surface area contributed by atoms with Crippen molar-refractivity contribution in [3.05, 3.63) is 29.3 Å². The predicted octanol–water partition coefficient (Wildman–Crippen LogP) is 4.25. The Balaban J connectivity index is 1.22.